The number of rotatable bonds is 5. The number of benzene rings is 1. The Morgan fingerprint density at radius 1 is 1.22 bits per heavy atom. The van der Waals surface area contributed by atoms with Gasteiger partial charge in [-0.15, -0.1) is 0 Å². The van der Waals surface area contributed by atoms with Crippen LogP contribution in [0.3, 0.4) is 0 Å². The van der Waals surface area contributed by atoms with Gasteiger partial charge in [0.1, 0.15) is 6.17 Å². The molecule has 0 fully saturated rings. The SMILES string of the molecule is CC(C)CC(=O)N[C@H](NC(=S)Nc1ccccc1Cl)C(Cl)(Cl)Cl. The second kappa shape index (κ2) is 9.14. The summed E-state index contributed by atoms with van der Waals surface area (Å²) in [6, 6.07) is 7.05. The second-order valence-electron chi connectivity index (χ2n) is 5.22. The van der Waals surface area contributed by atoms with Gasteiger partial charge in [-0.2, -0.15) is 0 Å². The Morgan fingerprint density at radius 3 is 2.35 bits per heavy atom. The number of hydrogen-bond acceptors (Lipinski definition) is 2. The Kier molecular flexibility index (Phi) is 8.18. The number of carbonyl (C=O) groups excluding carboxylic acids is 1. The Morgan fingerprint density at radius 2 is 1.83 bits per heavy atom. The normalized spacial score (nSPS) is 12.7. The van der Waals surface area contributed by atoms with E-state index in [1.807, 2.05) is 13.8 Å². The molecule has 128 valence electrons. The highest BCUT2D eigenvalue weighted by molar-refractivity contribution is 7.80. The molecule has 0 radical (unpaired) electrons. The summed E-state index contributed by atoms with van der Waals surface area (Å²) in [6.07, 6.45) is -0.676. The van der Waals surface area contributed by atoms with Gasteiger partial charge in [0.2, 0.25) is 9.70 Å². The van der Waals surface area contributed by atoms with Crippen LogP contribution >= 0.6 is 58.6 Å². The maximum absolute atomic E-state index is 11.9. The van der Waals surface area contributed by atoms with Crippen molar-refractivity contribution in [1.82, 2.24) is 10.6 Å². The van der Waals surface area contributed by atoms with Crippen LogP contribution in [0.2, 0.25) is 5.02 Å². The molecule has 0 bridgehead atoms. The van der Waals surface area contributed by atoms with Crippen molar-refractivity contribution in [3.63, 3.8) is 0 Å². The lowest BCUT2D eigenvalue weighted by Gasteiger charge is -2.28. The minimum atomic E-state index is -1.78. The average molecular weight is 417 g/mol. The Labute approximate surface area is 161 Å². The molecule has 0 spiro atoms. The van der Waals surface area contributed by atoms with E-state index in [0.29, 0.717) is 17.1 Å². The first-order valence-corrected chi connectivity index (χ1v) is 8.69. The number of hydrogen-bond donors (Lipinski definition) is 3. The number of anilines is 1. The van der Waals surface area contributed by atoms with Gasteiger partial charge in [0.25, 0.3) is 0 Å². The number of nitrogens with one attached hydrogen (secondary N) is 3. The van der Waals surface area contributed by atoms with Crippen molar-refractivity contribution in [2.24, 2.45) is 5.92 Å². The van der Waals surface area contributed by atoms with Gasteiger partial charge in [-0.3, -0.25) is 4.79 Å². The van der Waals surface area contributed by atoms with Crippen LogP contribution in [0.15, 0.2) is 24.3 Å². The van der Waals surface area contributed by atoms with Crippen LogP contribution in [0, 0.1) is 5.92 Å². The Bertz CT molecular complexity index is 563. The zero-order valence-electron chi connectivity index (χ0n) is 12.5. The Balaban J connectivity index is 2.72. The number of alkyl halides is 3. The molecule has 1 aromatic rings. The van der Waals surface area contributed by atoms with Gasteiger partial charge in [-0.05, 0) is 30.3 Å². The third-order valence-corrected chi connectivity index (χ3v) is 3.83. The van der Waals surface area contributed by atoms with E-state index >= 15 is 0 Å². The molecule has 9 heteroatoms. The number of thiocarbonyl (C=S) groups is 1. The molecule has 0 saturated heterocycles. The molecular formula is C14H17Cl4N3OS. The molecular weight excluding hydrogens is 400 g/mol. The maximum atomic E-state index is 11.9. The van der Waals surface area contributed by atoms with E-state index in [4.69, 9.17) is 58.6 Å². The zero-order chi connectivity index (χ0) is 17.6. The van der Waals surface area contributed by atoms with Crippen LogP contribution in [-0.2, 0) is 4.79 Å². The monoisotopic (exact) mass is 415 g/mol. The van der Waals surface area contributed by atoms with Gasteiger partial charge in [0.05, 0.1) is 10.7 Å². The lowest BCUT2D eigenvalue weighted by Crippen LogP contribution is -2.56. The van der Waals surface area contributed by atoms with E-state index in [9.17, 15) is 4.79 Å². The largest absolute Gasteiger partial charge is 0.339 e. The molecule has 4 nitrogen and oxygen atoms in total. The summed E-state index contributed by atoms with van der Waals surface area (Å²) in [7, 11) is 0. The number of carbonyl (C=O) groups is 1. The summed E-state index contributed by atoms with van der Waals surface area (Å²) in [5, 5.41) is 8.93. The highest BCUT2D eigenvalue weighted by Crippen LogP contribution is 2.29. The summed E-state index contributed by atoms with van der Waals surface area (Å²) in [5.74, 6) is -0.0661. The highest BCUT2D eigenvalue weighted by Gasteiger charge is 2.34. The van der Waals surface area contributed by atoms with E-state index < -0.39 is 9.96 Å². The second-order valence-corrected chi connectivity index (χ2v) is 8.40. The van der Waals surface area contributed by atoms with Gasteiger partial charge in [-0.25, -0.2) is 0 Å². The summed E-state index contributed by atoms with van der Waals surface area (Å²) in [5.41, 5.74) is 0.600. The van der Waals surface area contributed by atoms with Gasteiger partial charge in [0.15, 0.2) is 5.11 Å². The van der Waals surface area contributed by atoms with Crippen molar-refractivity contribution >= 4 is 75.3 Å². The summed E-state index contributed by atoms with van der Waals surface area (Å²) in [4.78, 5) is 11.9. The van der Waals surface area contributed by atoms with E-state index in [1.165, 1.54) is 0 Å². The molecule has 1 rings (SSSR count). The van der Waals surface area contributed by atoms with Crippen molar-refractivity contribution < 1.29 is 4.79 Å². The molecule has 0 aliphatic heterocycles. The van der Waals surface area contributed by atoms with E-state index in [1.54, 1.807) is 24.3 Å². The first-order chi connectivity index (χ1) is 10.6. The molecule has 23 heavy (non-hydrogen) atoms. The van der Waals surface area contributed by atoms with Gasteiger partial charge in [-0.1, -0.05) is 72.4 Å². The summed E-state index contributed by atoms with van der Waals surface area (Å²) >= 11 is 28.9. The highest BCUT2D eigenvalue weighted by atomic mass is 35.6. The zero-order valence-corrected chi connectivity index (χ0v) is 16.3. The summed E-state index contributed by atoms with van der Waals surface area (Å²) in [6.45, 7) is 3.84. The van der Waals surface area contributed by atoms with Crippen LogP contribution in [0.25, 0.3) is 0 Å². The summed E-state index contributed by atoms with van der Waals surface area (Å²) < 4.78 is -1.78. The molecule has 3 N–H and O–H groups in total. The van der Waals surface area contributed by atoms with E-state index in [2.05, 4.69) is 16.0 Å². The van der Waals surface area contributed by atoms with Crippen LogP contribution < -0.4 is 16.0 Å². The Hall–Kier alpha value is -0.460. The number of amides is 1. The quantitative estimate of drug-likeness (QED) is 0.376. The molecule has 0 saturated carbocycles. The predicted molar refractivity (Wildman–Crippen MR) is 102 cm³/mol. The molecule has 0 aliphatic rings. The fourth-order valence-electron chi connectivity index (χ4n) is 1.64. The van der Waals surface area contributed by atoms with Gasteiger partial charge in [0, 0.05) is 6.42 Å². The van der Waals surface area contributed by atoms with Crippen LogP contribution in [0.4, 0.5) is 5.69 Å². The maximum Gasteiger partial charge on any atom is 0.228 e. The van der Waals surface area contributed by atoms with Gasteiger partial charge < -0.3 is 16.0 Å². The first kappa shape index (κ1) is 20.6. The van der Waals surface area contributed by atoms with Crippen molar-refractivity contribution in [3.8, 4) is 0 Å². The average Bonchev–Trinajstić information content (AvgIpc) is 2.38. The number of para-hydroxylation sites is 1. The molecule has 1 aromatic carbocycles. The fourth-order valence-corrected chi connectivity index (χ4v) is 2.38. The molecule has 1 atom stereocenters. The van der Waals surface area contributed by atoms with E-state index in [0.717, 1.165) is 0 Å². The number of halogens is 4. The minimum Gasteiger partial charge on any atom is -0.339 e. The van der Waals surface area contributed by atoms with E-state index in [-0.39, 0.29) is 16.9 Å². The lowest BCUT2D eigenvalue weighted by molar-refractivity contribution is -0.122. The van der Waals surface area contributed by atoms with Crippen molar-refractivity contribution in [1.29, 1.82) is 0 Å². The third-order valence-electron chi connectivity index (χ3n) is 2.62. The van der Waals surface area contributed by atoms with Crippen molar-refractivity contribution in [2.75, 3.05) is 5.32 Å². The topological polar surface area (TPSA) is 53.2 Å². The smallest absolute Gasteiger partial charge is 0.228 e. The van der Waals surface area contributed by atoms with Crippen LogP contribution in [0.5, 0.6) is 0 Å². The molecule has 0 unspecified atom stereocenters. The third kappa shape index (κ3) is 7.77. The van der Waals surface area contributed by atoms with Crippen LogP contribution in [-0.4, -0.2) is 21.0 Å². The minimum absolute atomic E-state index is 0.166. The van der Waals surface area contributed by atoms with Gasteiger partial charge >= 0.3 is 0 Å². The molecule has 0 aromatic heterocycles. The molecule has 1 amide bonds. The van der Waals surface area contributed by atoms with Crippen molar-refractivity contribution in [3.05, 3.63) is 29.3 Å². The molecule has 0 aliphatic carbocycles. The lowest BCUT2D eigenvalue weighted by atomic mass is 10.1. The van der Waals surface area contributed by atoms with Crippen molar-refractivity contribution in [2.45, 2.75) is 30.2 Å². The molecule has 0 heterocycles. The predicted octanol–water partition coefficient (Wildman–Crippen LogP) is 4.49. The van der Waals surface area contributed by atoms with Crippen LogP contribution in [0.1, 0.15) is 20.3 Å². The standard InChI is InChI=1S/C14H17Cl4N3OS/c1-8(2)7-11(22)20-12(14(16,17)18)21-13(23)19-10-6-4-3-5-9(10)15/h3-6,8,12H,7H2,1-2H3,(H,20,22)(H2,19,21,23)/t12-/m1/s1. The first-order valence-electron chi connectivity index (χ1n) is 6.77. The fraction of sp³-hybridized carbons (Fsp3) is 0.429.